The van der Waals surface area contributed by atoms with E-state index in [0.717, 1.165) is 57.1 Å². The van der Waals surface area contributed by atoms with Crippen LogP contribution in [0, 0.1) is 11.8 Å². The number of likely N-dealkylation sites (tertiary alicyclic amines) is 1. The molecule has 2 fully saturated rings. The fourth-order valence-corrected chi connectivity index (χ4v) is 4.10. The third kappa shape index (κ3) is 2.66. The lowest BCUT2D eigenvalue weighted by Gasteiger charge is -2.32. The first-order chi connectivity index (χ1) is 10.7. The Kier molecular flexibility index (Phi) is 3.66. The summed E-state index contributed by atoms with van der Waals surface area (Å²) in [5.41, 5.74) is 0. The number of fused-ring (bicyclic) bond motifs is 1. The Morgan fingerprint density at radius 2 is 1.95 bits per heavy atom. The van der Waals surface area contributed by atoms with Gasteiger partial charge >= 0.3 is 0 Å². The highest BCUT2D eigenvalue weighted by atomic mass is 16.2. The predicted octanol–water partition coefficient (Wildman–Crippen LogP) is 2.37. The van der Waals surface area contributed by atoms with Gasteiger partial charge in [-0.05, 0) is 43.9 Å². The minimum Gasteiger partial charge on any atom is -0.343 e. The predicted molar refractivity (Wildman–Crippen MR) is 83.4 cm³/mol. The molecule has 0 aromatic carbocycles. The number of amides is 1. The average Bonchev–Trinajstić information content (AvgIpc) is 3.15. The van der Waals surface area contributed by atoms with Crippen molar-refractivity contribution in [3.8, 4) is 0 Å². The molecule has 0 radical (unpaired) electrons. The maximum absolute atomic E-state index is 12.4. The molecule has 1 aliphatic carbocycles. The van der Waals surface area contributed by atoms with Crippen LogP contribution in [0.25, 0.3) is 0 Å². The molecule has 1 aromatic rings. The van der Waals surface area contributed by atoms with Crippen LogP contribution < -0.4 is 0 Å². The third-order valence-electron chi connectivity index (χ3n) is 5.77. The van der Waals surface area contributed by atoms with Crippen molar-refractivity contribution in [2.24, 2.45) is 11.8 Å². The summed E-state index contributed by atoms with van der Waals surface area (Å²) in [6, 6.07) is 0. The normalized spacial score (nSPS) is 23.6. The highest BCUT2D eigenvalue weighted by Crippen LogP contribution is 2.38. The van der Waals surface area contributed by atoms with Gasteiger partial charge in [-0.2, -0.15) is 0 Å². The number of piperidine rings is 1. The molecule has 5 nitrogen and oxygen atoms in total. The first kappa shape index (κ1) is 14.2. The summed E-state index contributed by atoms with van der Waals surface area (Å²) in [6.07, 6.45) is 7.76. The molecule has 1 atom stereocenters. The fourth-order valence-electron chi connectivity index (χ4n) is 4.10. The summed E-state index contributed by atoms with van der Waals surface area (Å²) in [6.45, 7) is 5.10. The third-order valence-corrected chi connectivity index (χ3v) is 5.77. The van der Waals surface area contributed by atoms with E-state index in [1.54, 1.807) is 0 Å². The van der Waals surface area contributed by atoms with Gasteiger partial charge < -0.3 is 9.47 Å². The topological polar surface area (TPSA) is 51.0 Å². The van der Waals surface area contributed by atoms with Crippen LogP contribution in [0.2, 0.25) is 0 Å². The minimum atomic E-state index is 0.365. The fraction of sp³-hybridized carbons (Fsp3) is 0.824. The smallest absolute Gasteiger partial charge is 0.222 e. The molecule has 1 saturated carbocycles. The molecular formula is C17H26N4O. The number of hydrogen-bond donors (Lipinski definition) is 0. The summed E-state index contributed by atoms with van der Waals surface area (Å²) in [7, 11) is 0. The number of rotatable bonds is 4. The second-order valence-electron chi connectivity index (χ2n) is 7.40. The van der Waals surface area contributed by atoms with Gasteiger partial charge in [-0.3, -0.25) is 4.79 Å². The van der Waals surface area contributed by atoms with Crippen molar-refractivity contribution in [3.63, 3.8) is 0 Å². The Hall–Kier alpha value is -1.39. The largest absolute Gasteiger partial charge is 0.343 e. The molecule has 0 N–H and O–H groups in total. The lowest BCUT2D eigenvalue weighted by Crippen LogP contribution is -2.39. The molecule has 5 heteroatoms. The Bertz CT molecular complexity index is 555. The van der Waals surface area contributed by atoms with Gasteiger partial charge in [-0.1, -0.05) is 6.92 Å². The van der Waals surface area contributed by atoms with Crippen LogP contribution >= 0.6 is 0 Å². The van der Waals surface area contributed by atoms with Crippen LogP contribution in [0.4, 0.5) is 0 Å². The van der Waals surface area contributed by atoms with Crippen LogP contribution in [0.15, 0.2) is 0 Å². The number of aromatic nitrogens is 3. The summed E-state index contributed by atoms with van der Waals surface area (Å²) in [5, 5.41) is 8.74. The summed E-state index contributed by atoms with van der Waals surface area (Å²) < 4.78 is 2.32. The van der Waals surface area contributed by atoms with Crippen LogP contribution in [0.3, 0.4) is 0 Å². The van der Waals surface area contributed by atoms with Crippen molar-refractivity contribution in [2.75, 3.05) is 13.1 Å². The van der Waals surface area contributed by atoms with E-state index in [0.29, 0.717) is 17.7 Å². The molecule has 3 aliphatic rings. The molecule has 2 aliphatic heterocycles. The van der Waals surface area contributed by atoms with E-state index in [1.165, 1.54) is 25.1 Å². The molecule has 1 aromatic heterocycles. The Morgan fingerprint density at radius 1 is 1.18 bits per heavy atom. The maximum Gasteiger partial charge on any atom is 0.222 e. The van der Waals surface area contributed by atoms with Crippen molar-refractivity contribution < 1.29 is 4.79 Å². The van der Waals surface area contributed by atoms with Crippen LogP contribution in [0.5, 0.6) is 0 Å². The summed E-state index contributed by atoms with van der Waals surface area (Å²) in [4.78, 5) is 14.5. The standard InChI is InChI=1S/C17H26N4O/c1-12(13-4-5-13)11-16(22)20-9-6-14(7-10-20)17-19-18-15-3-2-8-21(15)17/h12-14H,2-11H2,1H3/t12-/m0/s1. The van der Waals surface area contributed by atoms with Gasteiger partial charge in [0.15, 0.2) is 0 Å². The van der Waals surface area contributed by atoms with Crippen molar-refractivity contribution in [1.82, 2.24) is 19.7 Å². The van der Waals surface area contributed by atoms with Gasteiger partial charge in [-0.25, -0.2) is 0 Å². The molecule has 120 valence electrons. The van der Waals surface area contributed by atoms with Crippen molar-refractivity contribution >= 4 is 5.91 Å². The Balaban J connectivity index is 1.33. The molecule has 0 spiro atoms. The van der Waals surface area contributed by atoms with E-state index in [2.05, 4.69) is 26.6 Å². The number of nitrogens with zero attached hydrogens (tertiary/aromatic N) is 4. The Morgan fingerprint density at radius 3 is 2.68 bits per heavy atom. The number of aryl methyl sites for hydroxylation is 1. The van der Waals surface area contributed by atoms with Gasteiger partial charge in [0, 0.05) is 38.4 Å². The van der Waals surface area contributed by atoms with E-state index in [-0.39, 0.29) is 0 Å². The zero-order valence-electron chi connectivity index (χ0n) is 13.5. The monoisotopic (exact) mass is 302 g/mol. The molecule has 22 heavy (non-hydrogen) atoms. The van der Waals surface area contributed by atoms with Crippen molar-refractivity contribution in [3.05, 3.63) is 11.6 Å². The van der Waals surface area contributed by atoms with E-state index in [9.17, 15) is 4.79 Å². The second-order valence-corrected chi connectivity index (χ2v) is 7.40. The van der Waals surface area contributed by atoms with Gasteiger partial charge in [0.2, 0.25) is 5.91 Å². The van der Waals surface area contributed by atoms with Crippen LogP contribution in [-0.2, 0) is 17.8 Å². The lowest BCUT2D eigenvalue weighted by molar-refractivity contribution is -0.133. The zero-order valence-corrected chi connectivity index (χ0v) is 13.5. The maximum atomic E-state index is 12.4. The van der Waals surface area contributed by atoms with Gasteiger partial charge in [0.25, 0.3) is 0 Å². The first-order valence-corrected chi connectivity index (χ1v) is 8.92. The molecule has 3 heterocycles. The quantitative estimate of drug-likeness (QED) is 0.858. The number of carbonyl (C=O) groups excluding carboxylic acids is 1. The summed E-state index contributed by atoms with van der Waals surface area (Å²) in [5.74, 6) is 4.58. The second kappa shape index (κ2) is 5.67. The molecule has 4 rings (SSSR count). The van der Waals surface area contributed by atoms with Gasteiger partial charge in [0.1, 0.15) is 11.6 Å². The Labute approximate surface area is 132 Å². The highest BCUT2D eigenvalue weighted by Gasteiger charge is 2.33. The number of hydrogen-bond acceptors (Lipinski definition) is 3. The molecule has 0 bridgehead atoms. The first-order valence-electron chi connectivity index (χ1n) is 8.92. The number of carbonyl (C=O) groups is 1. The van der Waals surface area contributed by atoms with Crippen molar-refractivity contribution in [2.45, 2.75) is 64.3 Å². The molecule has 1 saturated heterocycles. The highest BCUT2D eigenvalue weighted by molar-refractivity contribution is 5.76. The van der Waals surface area contributed by atoms with Gasteiger partial charge in [-0.15, -0.1) is 10.2 Å². The SMILES string of the molecule is C[C@@H](CC(=O)N1CCC(c2nnc3n2CCC3)CC1)C1CC1. The van der Waals surface area contributed by atoms with Crippen molar-refractivity contribution in [1.29, 1.82) is 0 Å². The van der Waals surface area contributed by atoms with E-state index < -0.39 is 0 Å². The van der Waals surface area contributed by atoms with E-state index in [1.807, 2.05) is 0 Å². The lowest BCUT2D eigenvalue weighted by atomic mass is 9.94. The van der Waals surface area contributed by atoms with Crippen LogP contribution in [-0.4, -0.2) is 38.7 Å². The zero-order chi connectivity index (χ0) is 15.1. The molecule has 0 unspecified atom stereocenters. The average molecular weight is 302 g/mol. The van der Waals surface area contributed by atoms with E-state index in [4.69, 9.17) is 0 Å². The van der Waals surface area contributed by atoms with Gasteiger partial charge in [0.05, 0.1) is 0 Å². The molecular weight excluding hydrogens is 276 g/mol. The minimum absolute atomic E-state index is 0.365. The van der Waals surface area contributed by atoms with Crippen LogP contribution in [0.1, 0.15) is 63.0 Å². The van der Waals surface area contributed by atoms with E-state index >= 15 is 0 Å². The molecule has 1 amide bonds. The summed E-state index contributed by atoms with van der Waals surface area (Å²) >= 11 is 0.